The molecule has 3 rings (SSSR count). The number of benzene rings is 2. The van der Waals surface area contributed by atoms with Gasteiger partial charge >= 0.3 is 6.18 Å². The lowest BCUT2D eigenvalue weighted by molar-refractivity contribution is -0.137. The van der Waals surface area contributed by atoms with E-state index in [-0.39, 0.29) is 22.6 Å². The van der Waals surface area contributed by atoms with Gasteiger partial charge in [-0.3, -0.25) is 19.3 Å². The summed E-state index contributed by atoms with van der Waals surface area (Å²) < 4.78 is 67.6. The van der Waals surface area contributed by atoms with E-state index in [1.807, 2.05) is 0 Å². The second kappa shape index (κ2) is 9.88. The van der Waals surface area contributed by atoms with Crippen molar-refractivity contribution in [2.75, 3.05) is 10.0 Å². The van der Waals surface area contributed by atoms with Gasteiger partial charge in [0.2, 0.25) is 11.7 Å². The van der Waals surface area contributed by atoms with Gasteiger partial charge in [0.15, 0.2) is 0 Å². The van der Waals surface area contributed by atoms with Crippen LogP contribution in [-0.4, -0.2) is 25.1 Å². The third-order valence-corrected chi connectivity index (χ3v) is 6.31. The molecule has 12 heteroatoms. The molecular weight excluding hydrogens is 507 g/mol. The van der Waals surface area contributed by atoms with Crippen LogP contribution in [0.2, 0.25) is 5.02 Å². The van der Waals surface area contributed by atoms with Gasteiger partial charge in [-0.15, -0.1) is 0 Å². The average molecular weight is 524 g/mol. The standard InChI is InChI=1S/C23H17ClF3N3O4S/c1-3-20(31)29-15-6-4-5-14(10-15)22(32)21-19(9-13(2)12-28-21)30-35(33,34)16-7-8-18(24)17(11-16)23(25,26)27/h3-12,30H,1H2,2H3,(H,29,31). The van der Waals surface area contributed by atoms with Gasteiger partial charge in [0.1, 0.15) is 5.69 Å². The molecule has 7 nitrogen and oxygen atoms in total. The number of carbonyl (C=O) groups is 2. The molecule has 0 aliphatic rings. The number of aryl methyl sites for hydroxylation is 1. The Bertz CT molecular complexity index is 1440. The van der Waals surface area contributed by atoms with Crippen LogP contribution in [0.4, 0.5) is 24.5 Å². The molecule has 0 fully saturated rings. The Morgan fingerprint density at radius 3 is 2.49 bits per heavy atom. The number of halogens is 4. The molecule has 0 radical (unpaired) electrons. The number of aromatic nitrogens is 1. The molecule has 2 N–H and O–H groups in total. The van der Waals surface area contributed by atoms with E-state index in [0.717, 1.165) is 18.2 Å². The van der Waals surface area contributed by atoms with E-state index in [1.54, 1.807) is 6.92 Å². The van der Waals surface area contributed by atoms with Gasteiger partial charge in [0.05, 0.1) is 21.2 Å². The van der Waals surface area contributed by atoms with Gasteiger partial charge in [-0.25, -0.2) is 8.42 Å². The highest BCUT2D eigenvalue weighted by atomic mass is 35.5. The summed E-state index contributed by atoms with van der Waals surface area (Å²) in [6.07, 6.45) is -2.50. The Morgan fingerprint density at radius 1 is 1.11 bits per heavy atom. The lowest BCUT2D eigenvalue weighted by Gasteiger charge is -2.14. The molecule has 0 aliphatic heterocycles. The van der Waals surface area contributed by atoms with E-state index in [9.17, 15) is 31.2 Å². The molecule has 2 aromatic carbocycles. The number of pyridine rings is 1. The molecule has 0 bridgehead atoms. The Hall–Kier alpha value is -3.70. The monoisotopic (exact) mass is 523 g/mol. The smallest absolute Gasteiger partial charge is 0.323 e. The molecule has 1 heterocycles. The minimum absolute atomic E-state index is 0.0783. The van der Waals surface area contributed by atoms with E-state index in [2.05, 4.69) is 21.6 Å². The van der Waals surface area contributed by atoms with E-state index in [4.69, 9.17) is 11.6 Å². The summed E-state index contributed by atoms with van der Waals surface area (Å²) in [4.78, 5) is 28.0. The van der Waals surface area contributed by atoms with E-state index in [0.29, 0.717) is 11.6 Å². The lowest BCUT2D eigenvalue weighted by atomic mass is 10.1. The quantitative estimate of drug-likeness (QED) is 0.326. The molecule has 1 amide bonds. The maximum Gasteiger partial charge on any atom is 0.417 e. The van der Waals surface area contributed by atoms with Crippen molar-refractivity contribution < 1.29 is 31.2 Å². The average Bonchev–Trinajstić information content (AvgIpc) is 2.78. The Balaban J connectivity index is 2.01. The molecular formula is C23H17ClF3N3O4S. The zero-order chi connectivity index (χ0) is 26.0. The summed E-state index contributed by atoms with van der Waals surface area (Å²) in [5.74, 6) is -1.19. The van der Waals surface area contributed by atoms with Crippen molar-refractivity contribution in [1.82, 2.24) is 4.98 Å². The first-order valence-corrected chi connectivity index (χ1v) is 11.6. The number of alkyl halides is 3. The lowest BCUT2D eigenvalue weighted by Crippen LogP contribution is -2.18. The summed E-state index contributed by atoms with van der Waals surface area (Å²) in [6, 6.07) is 9.28. The third kappa shape index (κ3) is 6.06. The molecule has 182 valence electrons. The number of hydrogen-bond donors (Lipinski definition) is 2. The van der Waals surface area contributed by atoms with Crippen LogP contribution in [0.5, 0.6) is 0 Å². The van der Waals surface area contributed by atoms with Crippen LogP contribution < -0.4 is 10.0 Å². The summed E-state index contributed by atoms with van der Waals surface area (Å²) in [7, 11) is -4.56. The first-order chi connectivity index (χ1) is 16.3. The van der Waals surface area contributed by atoms with Gasteiger partial charge in [0.25, 0.3) is 10.0 Å². The Morgan fingerprint density at radius 2 is 1.83 bits per heavy atom. The molecule has 35 heavy (non-hydrogen) atoms. The van der Waals surface area contributed by atoms with Gasteiger partial charge in [-0.2, -0.15) is 13.2 Å². The number of sulfonamides is 1. The fourth-order valence-electron chi connectivity index (χ4n) is 2.99. The number of nitrogens with zero attached hydrogens (tertiary/aromatic N) is 1. The Kier molecular flexibility index (Phi) is 7.32. The summed E-state index contributed by atoms with van der Waals surface area (Å²) in [5, 5.41) is 1.84. The maximum absolute atomic E-state index is 13.2. The Labute approximate surface area is 203 Å². The highest BCUT2D eigenvalue weighted by molar-refractivity contribution is 7.92. The number of amides is 1. The second-order valence-corrected chi connectivity index (χ2v) is 9.35. The summed E-state index contributed by atoms with van der Waals surface area (Å²) in [6.45, 7) is 4.93. The molecule has 0 aliphatic carbocycles. The molecule has 3 aromatic rings. The fraction of sp³-hybridized carbons (Fsp3) is 0.0870. The molecule has 0 atom stereocenters. The van der Waals surface area contributed by atoms with Crippen LogP contribution in [0.15, 0.2) is 72.3 Å². The molecule has 1 aromatic heterocycles. The third-order valence-electron chi connectivity index (χ3n) is 4.62. The first kappa shape index (κ1) is 25.9. The number of nitrogens with one attached hydrogen (secondary N) is 2. The van der Waals surface area contributed by atoms with Crippen molar-refractivity contribution in [2.24, 2.45) is 0 Å². The highest BCUT2D eigenvalue weighted by Crippen LogP contribution is 2.36. The zero-order valence-corrected chi connectivity index (χ0v) is 19.6. The van der Waals surface area contributed by atoms with Crippen molar-refractivity contribution in [3.8, 4) is 0 Å². The number of carbonyl (C=O) groups excluding carboxylic acids is 2. The summed E-state index contributed by atoms with van der Waals surface area (Å²) >= 11 is 5.58. The van der Waals surface area contributed by atoms with E-state index >= 15 is 0 Å². The molecule has 0 saturated heterocycles. The van der Waals surface area contributed by atoms with Crippen molar-refractivity contribution >= 4 is 44.7 Å². The number of anilines is 2. The maximum atomic E-state index is 13.2. The van der Waals surface area contributed by atoms with Crippen molar-refractivity contribution in [3.63, 3.8) is 0 Å². The fourth-order valence-corrected chi connectivity index (χ4v) is 4.30. The van der Waals surface area contributed by atoms with E-state index < -0.39 is 43.4 Å². The van der Waals surface area contributed by atoms with Crippen molar-refractivity contribution in [3.05, 3.63) is 94.8 Å². The molecule has 0 spiro atoms. The van der Waals surface area contributed by atoms with Crippen LogP contribution >= 0.6 is 11.6 Å². The minimum Gasteiger partial charge on any atom is -0.323 e. The van der Waals surface area contributed by atoms with E-state index in [1.165, 1.54) is 36.5 Å². The normalized spacial score (nSPS) is 11.6. The van der Waals surface area contributed by atoms with Crippen LogP contribution in [0.3, 0.4) is 0 Å². The van der Waals surface area contributed by atoms with Crippen LogP contribution in [0.1, 0.15) is 27.2 Å². The first-order valence-electron chi connectivity index (χ1n) is 9.76. The largest absolute Gasteiger partial charge is 0.417 e. The predicted molar refractivity (Wildman–Crippen MR) is 125 cm³/mol. The number of hydrogen-bond acceptors (Lipinski definition) is 5. The van der Waals surface area contributed by atoms with Crippen molar-refractivity contribution in [1.29, 1.82) is 0 Å². The summed E-state index contributed by atoms with van der Waals surface area (Å²) in [5.41, 5.74) is -1.00. The number of ketones is 1. The van der Waals surface area contributed by atoms with Crippen LogP contribution in [-0.2, 0) is 21.0 Å². The SMILES string of the molecule is C=CC(=O)Nc1cccc(C(=O)c2ncc(C)cc2NS(=O)(=O)c2ccc(Cl)c(C(F)(F)F)c2)c1. The zero-order valence-electron chi connectivity index (χ0n) is 18.0. The minimum atomic E-state index is -4.87. The highest BCUT2D eigenvalue weighted by Gasteiger charge is 2.34. The second-order valence-electron chi connectivity index (χ2n) is 7.26. The van der Waals surface area contributed by atoms with Gasteiger partial charge in [0, 0.05) is 17.4 Å². The van der Waals surface area contributed by atoms with Crippen molar-refractivity contribution in [2.45, 2.75) is 18.0 Å². The predicted octanol–water partition coefficient (Wildman–Crippen LogP) is 5.22. The van der Waals surface area contributed by atoms with Gasteiger partial charge in [-0.05, 0) is 55.0 Å². The number of rotatable bonds is 7. The van der Waals surface area contributed by atoms with Crippen LogP contribution in [0.25, 0.3) is 0 Å². The van der Waals surface area contributed by atoms with Crippen LogP contribution in [0, 0.1) is 6.92 Å². The van der Waals surface area contributed by atoms with Gasteiger partial charge < -0.3 is 5.32 Å². The van der Waals surface area contributed by atoms with Gasteiger partial charge in [-0.1, -0.05) is 30.3 Å². The molecule has 0 saturated carbocycles. The topological polar surface area (TPSA) is 105 Å². The molecule has 0 unspecified atom stereocenters.